The van der Waals surface area contributed by atoms with Gasteiger partial charge in [0.25, 0.3) is 11.4 Å². The number of rotatable bonds is 7. The maximum Gasteiger partial charge on any atom is 0.419 e. The molecule has 3 aromatic carbocycles. The quantitative estimate of drug-likeness (QED) is 0.207. The van der Waals surface area contributed by atoms with Crippen LogP contribution in [0.1, 0.15) is 20.7 Å². The van der Waals surface area contributed by atoms with Crippen LogP contribution in [-0.2, 0) is 0 Å². The molecule has 1 heterocycles. The number of hydrogen-bond acceptors (Lipinski definition) is 12. The number of nitrogens with one attached hydrogen (secondary N) is 1. The van der Waals surface area contributed by atoms with E-state index in [4.69, 9.17) is 24.4 Å². The summed E-state index contributed by atoms with van der Waals surface area (Å²) in [5, 5.41) is 38.6. The first kappa shape index (κ1) is 32.0. The Labute approximate surface area is 233 Å². The van der Waals surface area contributed by atoms with Crippen molar-refractivity contribution in [3.8, 4) is 17.2 Å². The highest BCUT2D eigenvalue weighted by molar-refractivity contribution is 5.93. The van der Waals surface area contributed by atoms with Crippen LogP contribution in [0.15, 0.2) is 68.6 Å². The molecule has 0 bridgehead atoms. The number of fused-ring (bicyclic) bond motifs is 1. The summed E-state index contributed by atoms with van der Waals surface area (Å²) in [5.74, 6) is -2.36. The molecule has 1 aromatic heterocycles. The number of benzene rings is 3. The van der Waals surface area contributed by atoms with E-state index in [1.54, 1.807) is 12.1 Å². The topological polar surface area (TPSA) is 252 Å². The summed E-state index contributed by atoms with van der Waals surface area (Å²) in [6.07, 6.45) is 0. The zero-order valence-corrected chi connectivity index (χ0v) is 21.9. The Hall–Kier alpha value is -6.26. The average molecular weight is 587 g/mol. The number of nitro benzene ring substituents is 2. The van der Waals surface area contributed by atoms with E-state index < -0.39 is 44.5 Å². The van der Waals surface area contributed by atoms with Crippen LogP contribution in [0.3, 0.4) is 0 Å². The van der Waals surface area contributed by atoms with E-state index >= 15 is 0 Å². The zero-order valence-electron chi connectivity index (χ0n) is 21.9. The molecular formula is C25H21N3O14. The molecule has 17 heteroatoms. The van der Waals surface area contributed by atoms with Gasteiger partial charge < -0.3 is 28.8 Å². The van der Waals surface area contributed by atoms with Crippen molar-refractivity contribution in [1.82, 2.24) is 4.98 Å². The lowest BCUT2D eigenvalue weighted by Crippen LogP contribution is -2.14. The summed E-state index contributed by atoms with van der Waals surface area (Å²) in [5.41, 5.74) is -1.89. The smallest absolute Gasteiger partial charge is 0.419 e. The van der Waals surface area contributed by atoms with Gasteiger partial charge in [-0.3, -0.25) is 25.2 Å². The second-order valence-corrected chi connectivity index (χ2v) is 7.60. The van der Waals surface area contributed by atoms with Crippen LogP contribution in [-0.4, -0.2) is 58.3 Å². The van der Waals surface area contributed by atoms with Crippen LogP contribution >= 0.6 is 0 Å². The maximum absolute atomic E-state index is 11.2. The zero-order chi connectivity index (χ0) is 31.6. The fourth-order valence-electron chi connectivity index (χ4n) is 3.15. The molecule has 0 aliphatic heterocycles. The van der Waals surface area contributed by atoms with Crippen molar-refractivity contribution in [3.63, 3.8) is 0 Å². The maximum atomic E-state index is 11.2. The number of aromatic carboxylic acids is 2. The SMILES string of the molecule is COc1ccc(C(=O)O)c([N+](=O)[O-])c1.COc1ccc(C(=O)O)c([N+](=O)[O-])c1.COc1ccc2c(=O)oc(=O)[nH]c2c1. The molecule has 0 saturated carbocycles. The van der Waals surface area contributed by atoms with Crippen molar-refractivity contribution in [1.29, 1.82) is 0 Å². The molecule has 0 saturated heterocycles. The Morgan fingerprint density at radius 2 is 1.14 bits per heavy atom. The highest BCUT2D eigenvalue weighted by Crippen LogP contribution is 2.25. The molecule has 4 aromatic rings. The summed E-state index contributed by atoms with van der Waals surface area (Å²) in [7, 11) is 4.20. The van der Waals surface area contributed by atoms with E-state index in [9.17, 15) is 39.4 Å². The Morgan fingerprint density at radius 3 is 1.52 bits per heavy atom. The monoisotopic (exact) mass is 587 g/mol. The van der Waals surface area contributed by atoms with Gasteiger partial charge in [-0.2, -0.15) is 0 Å². The van der Waals surface area contributed by atoms with Crippen molar-refractivity contribution >= 4 is 34.2 Å². The number of methoxy groups -OCH3 is 3. The van der Waals surface area contributed by atoms with Gasteiger partial charge in [-0.25, -0.2) is 19.2 Å². The van der Waals surface area contributed by atoms with Gasteiger partial charge in [0.05, 0.1) is 54.2 Å². The van der Waals surface area contributed by atoms with Crippen LogP contribution in [0.2, 0.25) is 0 Å². The number of H-pyrrole nitrogens is 1. The van der Waals surface area contributed by atoms with Crippen LogP contribution in [0.25, 0.3) is 10.9 Å². The van der Waals surface area contributed by atoms with Gasteiger partial charge in [0.2, 0.25) is 0 Å². The Bertz CT molecular complexity index is 1680. The van der Waals surface area contributed by atoms with Gasteiger partial charge in [-0.15, -0.1) is 0 Å². The lowest BCUT2D eigenvalue weighted by atomic mass is 10.2. The van der Waals surface area contributed by atoms with Gasteiger partial charge in [0.15, 0.2) is 0 Å². The van der Waals surface area contributed by atoms with Crippen molar-refractivity contribution < 1.29 is 48.3 Å². The number of aromatic nitrogens is 1. The fraction of sp³-hybridized carbons (Fsp3) is 0.120. The molecule has 17 nitrogen and oxygen atoms in total. The third kappa shape index (κ3) is 8.12. The lowest BCUT2D eigenvalue weighted by molar-refractivity contribution is -0.385. The lowest BCUT2D eigenvalue weighted by Gasteiger charge is -2.01. The van der Waals surface area contributed by atoms with Gasteiger partial charge in [-0.1, -0.05) is 0 Å². The minimum absolute atomic E-state index is 0.252. The molecule has 0 spiro atoms. The molecule has 0 unspecified atom stereocenters. The third-order valence-corrected chi connectivity index (χ3v) is 5.13. The summed E-state index contributed by atoms with van der Waals surface area (Å²) >= 11 is 0. The Balaban J connectivity index is 0.000000220. The number of ether oxygens (including phenoxy) is 3. The molecule has 0 aliphatic carbocycles. The van der Waals surface area contributed by atoms with E-state index in [2.05, 4.69) is 9.40 Å². The molecular weight excluding hydrogens is 566 g/mol. The van der Waals surface area contributed by atoms with Crippen molar-refractivity contribution in [3.05, 3.63) is 107 Å². The fourth-order valence-corrected chi connectivity index (χ4v) is 3.15. The molecule has 0 fully saturated rings. The first-order valence-electron chi connectivity index (χ1n) is 11.2. The molecule has 220 valence electrons. The number of hydrogen-bond donors (Lipinski definition) is 3. The molecule has 0 atom stereocenters. The number of carboxylic acids is 2. The van der Waals surface area contributed by atoms with E-state index in [0.717, 1.165) is 24.3 Å². The largest absolute Gasteiger partial charge is 0.497 e. The Kier molecular flexibility index (Phi) is 10.8. The second kappa shape index (κ2) is 14.2. The van der Waals surface area contributed by atoms with Crippen LogP contribution in [0, 0.1) is 20.2 Å². The van der Waals surface area contributed by atoms with Gasteiger partial charge in [0, 0.05) is 6.07 Å². The predicted molar refractivity (Wildman–Crippen MR) is 143 cm³/mol. The predicted octanol–water partition coefficient (Wildman–Crippen LogP) is 3.09. The van der Waals surface area contributed by atoms with E-state index in [0.29, 0.717) is 16.7 Å². The first-order valence-corrected chi connectivity index (χ1v) is 11.2. The normalized spacial score (nSPS) is 9.79. The highest BCUT2D eigenvalue weighted by Gasteiger charge is 2.21. The van der Waals surface area contributed by atoms with Crippen LogP contribution in [0.4, 0.5) is 11.4 Å². The minimum atomic E-state index is -1.33. The van der Waals surface area contributed by atoms with Crippen molar-refractivity contribution in [2.24, 2.45) is 0 Å². The Morgan fingerprint density at radius 1 is 0.738 bits per heavy atom. The molecule has 0 aliphatic rings. The number of nitro groups is 2. The third-order valence-electron chi connectivity index (χ3n) is 5.13. The summed E-state index contributed by atoms with van der Waals surface area (Å²) in [6.45, 7) is 0. The van der Waals surface area contributed by atoms with Gasteiger partial charge in [-0.05, 0) is 36.4 Å². The number of aromatic amines is 1. The standard InChI is InChI=1S/C9H7NO4.2C8H7NO5/c1-13-5-2-3-6-7(4-5)10-9(12)14-8(6)11;2*1-14-5-2-3-6(8(10)11)7(4-5)9(12)13/h2-4H,1H3,(H,10,12);2*2-4H,1H3,(H,10,11). The molecule has 0 amide bonds. The molecule has 42 heavy (non-hydrogen) atoms. The molecule has 3 N–H and O–H groups in total. The van der Waals surface area contributed by atoms with E-state index in [-0.39, 0.29) is 22.6 Å². The summed E-state index contributed by atoms with van der Waals surface area (Å²) < 4.78 is 18.8. The number of carboxylic acid groups (broad SMARTS) is 2. The summed E-state index contributed by atoms with van der Waals surface area (Å²) in [4.78, 5) is 65.0. The second-order valence-electron chi connectivity index (χ2n) is 7.60. The van der Waals surface area contributed by atoms with Crippen LogP contribution in [0.5, 0.6) is 17.2 Å². The average Bonchev–Trinajstić information content (AvgIpc) is 2.96. The summed E-state index contributed by atoms with van der Waals surface area (Å²) in [6, 6.07) is 11.9. The van der Waals surface area contributed by atoms with Crippen molar-refractivity contribution in [2.45, 2.75) is 0 Å². The molecule has 0 radical (unpaired) electrons. The molecule has 4 rings (SSSR count). The first-order chi connectivity index (χ1) is 19.8. The van der Waals surface area contributed by atoms with Gasteiger partial charge in [0.1, 0.15) is 28.4 Å². The van der Waals surface area contributed by atoms with Crippen molar-refractivity contribution in [2.75, 3.05) is 21.3 Å². The number of nitrogens with zero attached hydrogens (tertiary/aromatic N) is 2. The number of carbonyl (C=O) groups is 2. The highest BCUT2D eigenvalue weighted by atomic mass is 16.6. The van der Waals surface area contributed by atoms with Crippen LogP contribution < -0.4 is 25.6 Å². The van der Waals surface area contributed by atoms with E-state index in [1.807, 2.05) is 0 Å². The minimum Gasteiger partial charge on any atom is -0.497 e. The van der Waals surface area contributed by atoms with E-state index in [1.165, 1.54) is 39.5 Å². The van der Waals surface area contributed by atoms with Gasteiger partial charge >= 0.3 is 23.3 Å².